The van der Waals surface area contributed by atoms with Gasteiger partial charge in [-0.2, -0.15) is 0 Å². The van der Waals surface area contributed by atoms with E-state index in [2.05, 4.69) is 22.2 Å². The lowest BCUT2D eigenvalue weighted by molar-refractivity contribution is -0.339. The van der Waals surface area contributed by atoms with E-state index in [1.807, 2.05) is 27.7 Å². The predicted octanol–water partition coefficient (Wildman–Crippen LogP) is -0.223. The Bertz CT molecular complexity index is 1380. The molecule has 3 fully saturated rings. The lowest BCUT2D eigenvalue weighted by atomic mass is 9.71. The summed E-state index contributed by atoms with van der Waals surface area (Å²) in [6.45, 7) is 12.0. The number of allylic oxidation sites excluding steroid dienone is 2. The summed E-state index contributed by atoms with van der Waals surface area (Å²) in [7, 11) is 2.88. The molecule has 3 aliphatic rings. The summed E-state index contributed by atoms with van der Waals surface area (Å²) in [5.74, 6) is -3.52. The van der Waals surface area contributed by atoms with Crippen LogP contribution in [0.4, 0.5) is 0 Å². The van der Waals surface area contributed by atoms with Gasteiger partial charge in [0, 0.05) is 45.1 Å². The Morgan fingerprint density at radius 1 is 1.05 bits per heavy atom. The fourth-order valence-electron chi connectivity index (χ4n) is 7.46. The first-order valence-corrected chi connectivity index (χ1v) is 19.1. The number of carbonyl (C=O) groups excluding carboxylic acids is 1. The minimum Gasteiger partial charge on any atom is -0.480 e. The number of carboxylic acids is 1. The Balaban J connectivity index is 1.55. The molecule has 0 spiro atoms. The van der Waals surface area contributed by atoms with Gasteiger partial charge in [0.25, 0.3) is 5.91 Å². The van der Waals surface area contributed by atoms with Crippen molar-refractivity contribution in [2.24, 2.45) is 27.8 Å². The average Bonchev–Trinajstić information content (AvgIpc) is 3.14. The number of hydrogen-bond donors (Lipinski definition) is 9. The van der Waals surface area contributed by atoms with Gasteiger partial charge in [0.2, 0.25) is 5.79 Å². The van der Waals surface area contributed by atoms with Crippen molar-refractivity contribution in [2.75, 3.05) is 34.1 Å². The molecule has 320 valence electrons. The molecule has 3 aliphatic heterocycles. The second kappa shape index (κ2) is 21.7. The molecule has 11 N–H and O–H groups in total. The molecule has 1 amide bonds. The first kappa shape index (κ1) is 47.4. The van der Waals surface area contributed by atoms with Gasteiger partial charge in [0.15, 0.2) is 18.3 Å². The van der Waals surface area contributed by atoms with Gasteiger partial charge in [-0.05, 0) is 39.0 Å². The molecule has 0 aliphatic carbocycles. The van der Waals surface area contributed by atoms with E-state index >= 15 is 0 Å². The number of fused-ring (bicyclic) bond motifs is 1. The smallest absolute Gasteiger partial charge is 0.320 e. The summed E-state index contributed by atoms with van der Waals surface area (Å²) in [5.41, 5.74) is 10.6. The summed E-state index contributed by atoms with van der Waals surface area (Å²) in [6.07, 6.45) is -1.75. The summed E-state index contributed by atoms with van der Waals surface area (Å²) >= 11 is 0. The van der Waals surface area contributed by atoms with Crippen molar-refractivity contribution in [1.29, 1.82) is 0 Å². The van der Waals surface area contributed by atoms with Crippen LogP contribution < -0.4 is 22.1 Å². The van der Waals surface area contributed by atoms with Crippen molar-refractivity contribution in [3.8, 4) is 0 Å². The third-order valence-corrected chi connectivity index (χ3v) is 11.0. The highest BCUT2D eigenvalue weighted by Crippen LogP contribution is 2.44. The number of nitrogens with two attached hydrogens (primary N) is 2. The van der Waals surface area contributed by atoms with Crippen molar-refractivity contribution in [3.63, 3.8) is 0 Å². The molecule has 3 saturated heterocycles. The first-order chi connectivity index (χ1) is 26.4. The van der Waals surface area contributed by atoms with E-state index in [-0.39, 0.29) is 50.6 Å². The van der Waals surface area contributed by atoms with E-state index in [1.54, 1.807) is 18.2 Å². The van der Waals surface area contributed by atoms with Gasteiger partial charge >= 0.3 is 5.97 Å². The van der Waals surface area contributed by atoms with E-state index in [0.717, 1.165) is 5.57 Å². The Kier molecular flexibility index (Phi) is 18.3. The monoisotopic (exact) mass is 799 g/mol. The predicted molar refractivity (Wildman–Crippen MR) is 205 cm³/mol. The average molecular weight is 800 g/mol. The SMILES string of the molecule is C=C1C[C@](OC)([C@H](O)C(=O)N[C@H]2OCO[C@H]3[C@@H]2O[C@H]([C@H](O)CCC[C@@H](O)[C@@H](O)/C=C/C=C/CN[C@@H](CCCN=C(N)N)C(=O)O)C(C)(C)[C@@H]3OC)O[C@H](C)[C@@H]1C. The van der Waals surface area contributed by atoms with Crippen molar-refractivity contribution in [2.45, 2.75) is 139 Å². The number of guanidine groups is 1. The molecule has 0 aromatic carbocycles. The maximum absolute atomic E-state index is 13.5. The molecule has 0 bridgehead atoms. The number of rotatable bonds is 21. The minimum absolute atomic E-state index is 0.00318. The number of nitrogens with zero attached hydrogens (tertiary/aromatic N) is 1. The fourth-order valence-corrected chi connectivity index (χ4v) is 7.46. The number of methoxy groups -OCH3 is 2. The zero-order valence-corrected chi connectivity index (χ0v) is 33.4. The normalized spacial score (nSPS) is 32.0. The third kappa shape index (κ3) is 12.3. The lowest BCUT2D eigenvalue weighted by Crippen LogP contribution is -2.70. The van der Waals surface area contributed by atoms with Crippen LogP contribution >= 0.6 is 0 Å². The van der Waals surface area contributed by atoms with Crippen LogP contribution in [-0.4, -0.2) is 150 Å². The molecule has 3 heterocycles. The van der Waals surface area contributed by atoms with Gasteiger partial charge in [0.05, 0.1) is 36.6 Å². The number of aliphatic hydroxyl groups is 4. The number of carbonyl (C=O) groups is 2. The van der Waals surface area contributed by atoms with Crippen LogP contribution in [-0.2, 0) is 38.0 Å². The molecule has 0 unspecified atom stereocenters. The number of amides is 1. The lowest BCUT2D eigenvalue weighted by Gasteiger charge is -2.55. The molecule has 0 aromatic heterocycles. The summed E-state index contributed by atoms with van der Waals surface area (Å²) in [6, 6.07) is -0.780. The Morgan fingerprint density at radius 2 is 1.77 bits per heavy atom. The van der Waals surface area contributed by atoms with Crippen LogP contribution in [0, 0.1) is 11.3 Å². The minimum atomic E-state index is -1.75. The zero-order valence-electron chi connectivity index (χ0n) is 33.4. The van der Waals surface area contributed by atoms with Crippen LogP contribution in [0.15, 0.2) is 41.4 Å². The van der Waals surface area contributed by atoms with Gasteiger partial charge in [-0.1, -0.05) is 57.2 Å². The highest BCUT2D eigenvalue weighted by Gasteiger charge is 2.58. The Morgan fingerprint density at radius 3 is 2.39 bits per heavy atom. The molecule has 3 rings (SSSR count). The van der Waals surface area contributed by atoms with Crippen LogP contribution in [0.25, 0.3) is 0 Å². The number of ether oxygens (including phenoxy) is 6. The maximum Gasteiger partial charge on any atom is 0.320 e. The molecule has 0 saturated carbocycles. The van der Waals surface area contributed by atoms with Gasteiger partial charge in [0.1, 0.15) is 25.0 Å². The molecule has 18 nitrogen and oxygen atoms in total. The highest BCUT2D eigenvalue weighted by atomic mass is 16.7. The highest BCUT2D eigenvalue weighted by molar-refractivity contribution is 5.82. The van der Waals surface area contributed by atoms with E-state index in [4.69, 9.17) is 39.9 Å². The number of carboxylic acid groups (broad SMARTS) is 1. The van der Waals surface area contributed by atoms with Crippen LogP contribution in [0.2, 0.25) is 0 Å². The Hall–Kier alpha value is -3.01. The van der Waals surface area contributed by atoms with Gasteiger partial charge in [-0.15, -0.1) is 0 Å². The van der Waals surface area contributed by atoms with Crippen molar-refractivity contribution in [1.82, 2.24) is 10.6 Å². The topological polar surface area (TPSA) is 279 Å². The molecule has 0 radical (unpaired) electrons. The Labute approximate surface area is 329 Å². The quantitative estimate of drug-likeness (QED) is 0.0239. The van der Waals surface area contributed by atoms with Gasteiger partial charge in [-0.3, -0.25) is 14.6 Å². The summed E-state index contributed by atoms with van der Waals surface area (Å²) in [5, 5.41) is 58.8. The number of aliphatic carboxylic acids is 1. The number of aliphatic hydroxyl groups excluding tert-OH is 4. The molecule has 0 aromatic rings. The van der Waals surface area contributed by atoms with E-state index in [9.17, 15) is 35.1 Å². The maximum atomic E-state index is 13.5. The summed E-state index contributed by atoms with van der Waals surface area (Å²) < 4.78 is 35.6. The molecule has 56 heavy (non-hydrogen) atoms. The largest absolute Gasteiger partial charge is 0.480 e. The fraction of sp³-hybridized carbons (Fsp3) is 0.763. The van der Waals surface area contributed by atoms with E-state index in [0.29, 0.717) is 25.8 Å². The molecular formula is C38H65N5O13. The van der Waals surface area contributed by atoms with Crippen LogP contribution in [0.3, 0.4) is 0 Å². The van der Waals surface area contributed by atoms with Crippen molar-refractivity contribution >= 4 is 17.8 Å². The summed E-state index contributed by atoms with van der Waals surface area (Å²) in [4.78, 5) is 28.8. The van der Waals surface area contributed by atoms with Crippen molar-refractivity contribution in [3.05, 3.63) is 36.5 Å². The van der Waals surface area contributed by atoms with Gasteiger partial charge in [-0.25, -0.2) is 0 Å². The number of hydrogen-bond acceptors (Lipinski definition) is 14. The van der Waals surface area contributed by atoms with E-state index < -0.39 is 84.2 Å². The van der Waals surface area contributed by atoms with E-state index in [1.165, 1.54) is 20.3 Å². The standard InChI is InChI=1S/C38H65N5O13/c1-21-19-38(52-7,56-23(3)22(21)2)30(47)33(48)43-34-29-28(53-20-54-34)32(51-6)37(4,5)31(55-29)27(46)16-11-15-26(45)25(44)14-9-8-10-17-41-24(35(49)50)13-12-18-42-36(39)40/h8-10,14,22-32,34,41,44-47H,1,11-13,15-20H2,2-7H3,(H,43,48)(H,49,50)(H4,39,40,42)/b10-8+,14-9+/t22-,23-,24+,25+,26-,27-,28+,29+,30-,31-,32-,34+,38-/m1/s1. The van der Waals surface area contributed by atoms with Crippen LogP contribution in [0.5, 0.6) is 0 Å². The van der Waals surface area contributed by atoms with Crippen LogP contribution in [0.1, 0.15) is 66.2 Å². The molecular weight excluding hydrogens is 734 g/mol. The van der Waals surface area contributed by atoms with Gasteiger partial charge < -0.3 is 76.1 Å². The number of aliphatic imine (C=N–C) groups is 1. The second-order valence-electron chi connectivity index (χ2n) is 15.3. The first-order valence-electron chi connectivity index (χ1n) is 19.1. The molecule has 18 heteroatoms. The number of nitrogens with one attached hydrogen (secondary N) is 2. The molecule has 13 atom stereocenters. The third-order valence-electron chi connectivity index (χ3n) is 11.0. The van der Waals surface area contributed by atoms with Crippen molar-refractivity contribution < 1.29 is 63.5 Å². The second-order valence-corrected chi connectivity index (χ2v) is 15.3. The zero-order chi connectivity index (χ0) is 41.8.